The lowest BCUT2D eigenvalue weighted by Gasteiger charge is -2.26. The van der Waals surface area contributed by atoms with Crippen molar-refractivity contribution in [1.29, 1.82) is 0 Å². The zero-order valence-electron chi connectivity index (χ0n) is 16.8. The summed E-state index contributed by atoms with van der Waals surface area (Å²) >= 11 is 0. The molecule has 3 aromatic rings. The molecule has 1 N–H and O–H groups in total. The van der Waals surface area contributed by atoms with Crippen molar-refractivity contribution in [3.63, 3.8) is 0 Å². The fraction of sp³-hybridized carbons (Fsp3) is 0.333. The van der Waals surface area contributed by atoms with Crippen LogP contribution in [0.1, 0.15) is 40.6 Å². The molecule has 1 saturated carbocycles. The Labute approximate surface area is 175 Å². The van der Waals surface area contributed by atoms with E-state index in [2.05, 4.69) is 27.3 Å². The highest BCUT2D eigenvalue weighted by Crippen LogP contribution is 2.43. The zero-order valence-corrected chi connectivity index (χ0v) is 16.8. The largest absolute Gasteiger partial charge is 0.440 e. The first-order valence-electron chi connectivity index (χ1n) is 10.5. The predicted molar refractivity (Wildman–Crippen MR) is 114 cm³/mol. The second-order valence-electron chi connectivity index (χ2n) is 7.91. The molecule has 1 aromatic heterocycles. The van der Waals surface area contributed by atoms with Crippen LogP contribution in [-0.4, -0.2) is 42.1 Å². The molecule has 6 nitrogen and oxygen atoms in total. The summed E-state index contributed by atoms with van der Waals surface area (Å²) in [5.41, 5.74) is 3.26. The predicted octanol–water partition coefficient (Wildman–Crippen LogP) is 4.30. The molecule has 2 heterocycles. The molecular weight excluding hydrogens is 378 g/mol. The summed E-state index contributed by atoms with van der Waals surface area (Å²) in [5, 5.41) is 2.98. The molecule has 0 unspecified atom stereocenters. The maximum atomic E-state index is 13.0. The van der Waals surface area contributed by atoms with Crippen LogP contribution in [0.4, 0.5) is 5.69 Å². The fourth-order valence-corrected chi connectivity index (χ4v) is 3.72. The Bertz CT molecular complexity index is 1000. The Morgan fingerprint density at radius 1 is 1.03 bits per heavy atom. The van der Waals surface area contributed by atoms with Gasteiger partial charge in [-0.3, -0.25) is 9.69 Å². The number of hydrogen-bond donors (Lipinski definition) is 1. The van der Waals surface area contributed by atoms with Crippen molar-refractivity contribution in [2.45, 2.75) is 25.3 Å². The molecule has 0 spiro atoms. The van der Waals surface area contributed by atoms with Gasteiger partial charge >= 0.3 is 0 Å². The van der Waals surface area contributed by atoms with Crippen molar-refractivity contribution >= 4 is 11.6 Å². The number of rotatable bonds is 6. The average molecular weight is 403 g/mol. The number of carbonyl (C=O) groups is 1. The number of nitrogens with zero attached hydrogens (tertiary/aromatic N) is 2. The summed E-state index contributed by atoms with van der Waals surface area (Å²) in [6, 6.07) is 17.7. The monoisotopic (exact) mass is 403 g/mol. The van der Waals surface area contributed by atoms with E-state index in [9.17, 15) is 4.79 Å². The van der Waals surface area contributed by atoms with Gasteiger partial charge in [0.25, 0.3) is 5.91 Å². The quantitative estimate of drug-likeness (QED) is 0.665. The van der Waals surface area contributed by atoms with Crippen LogP contribution in [0, 0.1) is 0 Å². The first-order valence-corrected chi connectivity index (χ1v) is 10.5. The van der Waals surface area contributed by atoms with E-state index in [0.29, 0.717) is 23.3 Å². The minimum absolute atomic E-state index is 0.219. The van der Waals surface area contributed by atoms with Crippen molar-refractivity contribution in [2.24, 2.45) is 0 Å². The molecule has 5 rings (SSSR count). The number of hydrogen-bond acceptors (Lipinski definition) is 5. The summed E-state index contributed by atoms with van der Waals surface area (Å²) in [7, 11) is 0. The number of morpholine rings is 1. The molecule has 154 valence electrons. The summed E-state index contributed by atoms with van der Waals surface area (Å²) in [6.45, 7) is 4.39. The van der Waals surface area contributed by atoms with E-state index in [-0.39, 0.29) is 5.91 Å². The van der Waals surface area contributed by atoms with Crippen molar-refractivity contribution in [3.05, 3.63) is 71.6 Å². The molecule has 6 heteroatoms. The minimum atomic E-state index is -0.219. The lowest BCUT2D eigenvalue weighted by atomic mass is 10.1. The third kappa shape index (κ3) is 4.30. The number of benzene rings is 2. The zero-order chi connectivity index (χ0) is 20.3. The van der Waals surface area contributed by atoms with Gasteiger partial charge in [-0.25, -0.2) is 4.98 Å². The van der Waals surface area contributed by atoms with Crippen molar-refractivity contribution in [2.75, 3.05) is 31.6 Å². The van der Waals surface area contributed by atoms with Crippen molar-refractivity contribution in [3.8, 4) is 11.5 Å². The van der Waals surface area contributed by atoms with E-state index in [0.717, 1.165) is 56.9 Å². The lowest BCUT2D eigenvalue weighted by molar-refractivity contribution is 0.0342. The Kier molecular flexibility index (Phi) is 5.34. The molecule has 30 heavy (non-hydrogen) atoms. The van der Waals surface area contributed by atoms with Crippen molar-refractivity contribution < 1.29 is 13.9 Å². The lowest BCUT2D eigenvalue weighted by Crippen LogP contribution is -2.35. The van der Waals surface area contributed by atoms with Crippen LogP contribution < -0.4 is 5.32 Å². The smallest absolute Gasteiger partial charge is 0.277 e. The van der Waals surface area contributed by atoms with Crippen LogP contribution >= 0.6 is 0 Å². The standard InChI is InChI=1S/C24H25N3O3/c28-23(25-20-10-6-17(7-11-20)16-27-12-14-29-15-13-27)21-22(18-8-9-18)30-24(26-21)19-4-2-1-3-5-19/h1-7,10-11,18H,8-9,12-16H2,(H,25,28). The Morgan fingerprint density at radius 3 is 2.47 bits per heavy atom. The number of carbonyl (C=O) groups excluding carboxylic acids is 1. The normalized spacial score (nSPS) is 17.1. The highest BCUT2D eigenvalue weighted by molar-refractivity contribution is 6.04. The third-order valence-electron chi connectivity index (χ3n) is 5.56. The maximum absolute atomic E-state index is 13.0. The Hall–Kier alpha value is -2.96. The Balaban J connectivity index is 1.29. The molecule has 1 aliphatic heterocycles. The van der Waals surface area contributed by atoms with Crippen LogP contribution in [0.5, 0.6) is 0 Å². The van der Waals surface area contributed by atoms with Crippen LogP contribution in [0.2, 0.25) is 0 Å². The molecule has 1 saturated heterocycles. The average Bonchev–Trinajstić information content (AvgIpc) is 3.54. The van der Waals surface area contributed by atoms with Crippen LogP contribution in [0.15, 0.2) is 59.0 Å². The van der Waals surface area contributed by atoms with Gasteiger partial charge in [-0.15, -0.1) is 0 Å². The van der Waals surface area contributed by atoms with Gasteiger partial charge in [0.2, 0.25) is 5.89 Å². The van der Waals surface area contributed by atoms with Crippen LogP contribution in [-0.2, 0) is 11.3 Å². The number of oxazole rings is 1. The number of amides is 1. The van der Waals surface area contributed by atoms with Gasteiger partial charge in [0.15, 0.2) is 5.69 Å². The molecule has 0 radical (unpaired) electrons. The highest BCUT2D eigenvalue weighted by atomic mass is 16.5. The SMILES string of the molecule is O=C(Nc1ccc(CN2CCOCC2)cc1)c1nc(-c2ccccc2)oc1C1CC1. The molecule has 1 aliphatic carbocycles. The molecule has 2 fully saturated rings. The molecular formula is C24H25N3O3. The summed E-state index contributed by atoms with van der Waals surface area (Å²) in [6.07, 6.45) is 2.08. The van der Waals surface area contributed by atoms with Gasteiger partial charge in [0.05, 0.1) is 13.2 Å². The summed E-state index contributed by atoms with van der Waals surface area (Å²) in [5.74, 6) is 1.29. The number of anilines is 1. The summed E-state index contributed by atoms with van der Waals surface area (Å²) in [4.78, 5) is 19.9. The van der Waals surface area contributed by atoms with Gasteiger partial charge < -0.3 is 14.5 Å². The third-order valence-corrected chi connectivity index (χ3v) is 5.56. The van der Waals surface area contributed by atoms with Gasteiger partial charge in [-0.2, -0.15) is 0 Å². The molecule has 2 aromatic carbocycles. The van der Waals surface area contributed by atoms with Crippen LogP contribution in [0.3, 0.4) is 0 Å². The first kappa shape index (κ1) is 19.0. The fourth-order valence-electron chi connectivity index (χ4n) is 3.72. The number of aromatic nitrogens is 1. The van der Waals surface area contributed by atoms with E-state index in [4.69, 9.17) is 9.15 Å². The maximum Gasteiger partial charge on any atom is 0.277 e. The van der Waals surface area contributed by atoms with E-state index in [1.165, 1.54) is 5.56 Å². The molecule has 1 amide bonds. The van der Waals surface area contributed by atoms with Gasteiger partial charge in [-0.05, 0) is 42.7 Å². The van der Waals surface area contributed by atoms with E-state index in [1.54, 1.807) is 0 Å². The number of nitrogens with one attached hydrogen (secondary N) is 1. The van der Waals surface area contributed by atoms with E-state index < -0.39 is 0 Å². The van der Waals surface area contributed by atoms with Gasteiger partial charge in [-0.1, -0.05) is 30.3 Å². The topological polar surface area (TPSA) is 67.6 Å². The van der Waals surface area contributed by atoms with E-state index in [1.807, 2.05) is 42.5 Å². The molecule has 0 bridgehead atoms. The second kappa shape index (κ2) is 8.42. The summed E-state index contributed by atoms with van der Waals surface area (Å²) < 4.78 is 11.4. The Morgan fingerprint density at radius 2 is 1.77 bits per heavy atom. The second-order valence-corrected chi connectivity index (χ2v) is 7.91. The van der Waals surface area contributed by atoms with Crippen molar-refractivity contribution in [1.82, 2.24) is 9.88 Å². The van der Waals surface area contributed by atoms with E-state index >= 15 is 0 Å². The first-order chi connectivity index (χ1) is 14.8. The van der Waals surface area contributed by atoms with Gasteiger partial charge in [0.1, 0.15) is 5.76 Å². The highest BCUT2D eigenvalue weighted by Gasteiger charge is 2.34. The molecule has 0 atom stereocenters. The molecule has 2 aliphatic rings. The van der Waals surface area contributed by atoms with Crippen LogP contribution in [0.25, 0.3) is 11.5 Å². The minimum Gasteiger partial charge on any atom is -0.440 e. The van der Waals surface area contributed by atoms with Gasteiger partial charge in [0, 0.05) is 36.8 Å². The number of ether oxygens (including phenoxy) is 1.